The number of ketones is 1. The van der Waals surface area contributed by atoms with Crippen LogP contribution in [0.3, 0.4) is 0 Å². The molecule has 3 heteroatoms. The molecule has 0 saturated heterocycles. The van der Waals surface area contributed by atoms with E-state index < -0.39 is 11.4 Å². The van der Waals surface area contributed by atoms with Crippen molar-refractivity contribution in [3.05, 3.63) is 65.2 Å². The van der Waals surface area contributed by atoms with E-state index in [4.69, 9.17) is 4.74 Å². The third kappa shape index (κ3) is 5.29. The monoisotopic (exact) mass is 352 g/mol. The number of hydrogen-bond acceptors (Lipinski definition) is 3. The van der Waals surface area contributed by atoms with Crippen LogP contribution in [0.2, 0.25) is 0 Å². The summed E-state index contributed by atoms with van der Waals surface area (Å²) >= 11 is 0. The summed E-state index contributed by atoms with van der Waals surface area (Å²) in [6.07, 6.45) is 0.310. The van der Waals surface area contributed by atoms with Gasteiger partial charge in [0.05, 0.1) is 5.56 Å². The molecule has 0 aliphatic heterocycles. The molecule has 0 atom stereocenters. The first kappa shape index (κ1) is 19.9. The molecule has 2 aromatic carbocycles. The highest BCUT2D eigenvalue weighted by molar-refractivity contribution is 5.92. The molecule has 3 nitrogen and oxygen atoms in total. The van der Waals surface area contributed by atoms with Gasteiger partial charge in [0, 0.05) is 11.8 Å². The van der Waals surface area contributed by atoms with Gasteiger partial charge in [-0.1, -0.05) is 65.8 Å². The summed E-state index contributed by atoms with van der Waals surface area (Å²) in [6.45, 7) is 12.0. The number of carbonyl (C=O) groups is 2. The second kappa shape index (κ2) is 7.45. The number of hydrogen-bond donors (Lipinski definition) is 0. The summed E-state index contributed by atoms with van der Waals surface area (Å²) in [7, 11) is 0. The van der Waals surface area contributed by atoms with Crippen LogP contribution in [0.4, 0.5) is 0 Å². The van der Waals surface area contributed by atoms with Gasteiger partial charge in [0.2, 0.25) is 0 Å². The largest absolute Gasteiger partial charge is 0.423 e. The van der Waals surface area contributed by atoms with Gasteiger partial charge in [-0.15, -0.1) is 0 Å². The molecule has 0 unspecified atom stereocenters. The van der Waals surface area contributed by atoms with Gasteiger partial charge in [-0.25, -0.2) is 4.79 Å². The van der Waals surface area contributed by atoms with E-state index in [2.05, 4.69) is 20.8 Å². The van der Waals surface area contributed by atoms with E-state index in [1.165, 1.54) is 0 Å². The lowest BCUT2D eigenvalue weighted by atomic mass is 9.87. The van der Waals surface area contributed by atoms with Crippen molar-refractivity contribution >= 4 is 11.8 Å². The zero-order chi connectivity index (χ0) is 19.5. The van der Waals surface area contributed by atoms with E-state index in [0.29, 0.717) is 17.7 Å². The average Bonchev–Trinajstić information content (AvgIpc) is 2.53. The fourth-order valence-electron chi connectivity index (χ4n) is 2.45. The highest BCUT2D eigenvalue weighted by Crippen LogP contribution is 2.26. The zero-order valence-corrected chi connectivity index (χ0v) is 16.6. The molecule has 0 N–H and O–H groups in total. The number of carbonyl (C=O) groups excluding carboxylic acids is 2. The van der Waals surface area contributed by atoms with Gasteiger partial charge >= 0.3 is 5.97 Å². The van der Waals surface area contributed by atoms with Crippen molar-refractivity contribution in [3.8, 4) is 5.75 Å². The molecule has 26 heavy (non-hydrogen) atoms. The van der Waals surface area contributed by atoms with E-state index in [1.54, 1.807) is 24.3 Å². The summed E-state index contributed by atoms with van der Waals surface area (Å²) < 4.78 is 5.54. The van der Waals surface area contributed by atoms with Crippen LogP contribution >= 0.6 is 0 Å². The van der Waals surface area contributed by atoms with Crippen LogP contribution in [0.1, 0.15) is 63.0 Å². The van der Waals surface area contributed by atoms with Gasteiger partial charge in [0.1, 0.15) is 11.5 Å². The van der Waals surface area contributed by atoms with Crippen molar-refractivity contribution in [2.75, 3.05) is 0 Å². The van der Waals surface area contributed by atoms with E-state index in [0.717, 1.165) is 11.1 Å². The fraction of sp³-hybridized carbons (Fsp3) is 0.391. The standard InChI is InChI=1S/C23H28O3/c1-22(2,3)18-11-8-12-19(15-18)26-21(25)17-10-7-9-16(13-17)14-20(24)23(4,5)6/h7-13,15H,14H2,1-6H3. The Labute approximate surface area is 156 Å². The molecule has 2 aromatic rings. The summed E-state index contributed by atoms with van der Waals surface area (Å²) in [5, 5.41) is 0. The lowest BCUT2D eigenvalue weighted by molar-refractivity contribution is -0.125. The van der Waals surface area contributed by atoms with Gasteiger partial charge in [-0.2, -0.15) is 0 Å². The Bertz CT molecular complexity index is 805. The minimum atomic E-state index is -0.416. The lowest BCUT2D eigenvalue weighted by Crippen LogP contribution is -2.22. The number of rotatable bonds is 4. The fourth-order valence-corrected chi connectivity index (χ4v) is 2.45. The van der Waals surface area contributed by atoms with E-state index >= 15 is 0 Å². The van der Waals surface area contributed by atoms with Crippen LogP contribution in [0.15, 0.2) is 48.5 Å². The maximum atomic E-state index is 12.5. The van der Waals surface area contributed by atoms with Crippen LogP contribution in [0, 0.1) is 5.41 Å². The predicted octanol–water partition coefficient (Wildman–Crippen LogP) is 5.36. The minimum absolute atomic E-state index is 0.0182. The topological polar surface area (TPSA) is 43.4 Å². The molecule has 0 aliphatic carbocycles. The SMILES string of the molecule is CC(C)(C)C(=O)Cc1cccc(C(=O)Oc2cccc(C(C)(C)C)c2)c1. The molecule has 0 radical (unpaired) electrons. The van der Waals surface area contributed by atoms with Crippen molar-refractivity contribution in [2.24, 2.45) is 5.41 Å². The van der Waals surface area contributed by atoms with Crippen molar-refractivity contribution in [3.63, 3.8) is 0 Å². The molecular formula is C23H28O3. The quantitative estimate of drug-likeness (QED) is 0.549. The molecule has 0 spiro atoms. The van der Waals surface area contributed by atoms with Crippen molar-refractivity contribution in [1.29, 1.82) is 0 Å². The Morgan fingerprint density at radius 2 is 1.54 bits per heavy atom. The predicted molar refractivity (Wildman–Crippen MR) is 105 cm³/mol. The number of benzene rings is 2. The van der Waals surface area contributed by atoms with Crippen LogP contribution in [0.5, 0.6) is 5.75 Å². The van der Waals surface area contributed by atoms with Gasteiger partial charge < -0.3 is 4.74 Å². The molecule has 0 saturated carbocycles. The maximum Gasteiger partial charge on any atom is 0.343 e. The van der Waals surface area contributed by atoms with Gasteiger partial charge in [-0.3, -0.25) is 4.79 Å². The van der Waals surface area contributed by atoms with Crippen LogP contribution in [-0.2, 0) is 16.6 Å². The Hall–Kier alpha value is -2.42. The van der Waals surface area contributed by atoms with Crippen LogP contribution in [-0.4, -0.2) is 11.8 Å². The molecule has 2 rings (SSSR count). The smallest absolute Gasteiger partial charge is 0.343 e. The zero-order valence-electron chi connectivity index (χ0n) is 16.6. The summed E-state index contributed by atoms with van der Waals surface area (Å²) in [6, 6.07) is 14.7. The molecule has 0 bridgehead atoms. The number of Topliss-reactive ketones (excluding diaryl/α,β-unsaturated/α-hetero) is 1. The lowest BCUT2D eigenvalue weighted by Gasteiger charge is -2.19. The third-order valence-electron chi connectivity index (χ3n) is 4.27. The first-order chi connectivity index (χ1) is 12.0. The summed E-state index contributed by atoms with van der Waals surface area (Å²) in [5.41, 5.74) is 1.96. The van der Waals surface area contributed by atoms with Crippen molar-refractivity contribution in [2.45, 2.75) is 53.4 Å². The van der Waals surface area contributed by atoms with Crippen molar-refractivity contribution in [1.82, 2.24) is 0 Å². The summed E-state index contributed by atoms with van der Waals surface area (Å²) in [5.74, 6) is 0.251. The van der Waals surface area contributed by atoms with Crippen LogP contribution in [0.25, 0.3) is 0 Å². The Balaban J connectivity index is 2.16. The van der Waals surface area contributed by atoms with Gasteiger partial charge in [0.25, 0.3) is 0 Å². The molecule has 0 aromatic heterocycles. The second-order valence-corrected chi connectivity index (χ2v) is 8.72. The number of ether oxygens (including phenoxy) is 1. The number of esters is 1. The minimum Gasteiger partial charge on any atom is -0.423 e. The molecular weight excluding hydrogens is 324 g/mol. The molecule has 138 valence electrons. The van der Waals surface area contributed by atoms with E-state index in [1.807, 2.05) is 45.0 Å². The van der Waals surface area contributed by atoms with E-state index in [-0.39, 0.29) is 11.2 Å². The highest BCUT2D eigenvalue weighted by atomic mass is 16.5. The highest BCUT2D eigenvalue weighted by Gasteiger charge is 2.21. The van der Waals surface area contributed by atoms with E-state index in [9.17, 15) is 9.59 Å². The Kier molecular flexibility index (Phi) is 5.70. The molecule has 0 heterocycles. The Morgan fingerprint density at radius 1 is 0.885 bits per heavy atom. The Morgan fingerprint density at radius 3 is 2.15 bits per heavy atom. The average molecular weight is 352 g/mol. The molecule has 0 aliphatic rings. The molecule has 0 fully saturated rings. The van der Waals surface area contributed by atoms with Crippen LogP contribution < -0.4 is 4.74 Å². The van der Waals surface area contributed by atoms with Crippen molar-refractivity contribution < 1.29 is 14.3 Å². The maximum absolute atomic E-state index is 12.5. The summed E-state index contributed by atoms with van der Waals surface area (Å²) in [4.78, 5) is 24.7. The third-order valence-corrected chi connectivity index (χ3v) is 4.27. The normalized spacial score (nSPS) is 11.9. The first-order valence-corrected chi connectivity index (χ1v) is 8.92. The molecule has 0 amide bonds. The van der Waals surface area contributed by atoms with Gasteiger partial charge in [-0.05, 0) is 40.8 Å². The second-order valence-electron chi connectivity index (χ2n) is 8.72. The first-order valence-electron chi connectivity index (χ1n) is 8.92. The van der Waals surface area contributed by atoms with Gasteiger partial charge in [0.15, 0.2) is 0 Å².